The third kappa shape index (κ3) is 2.16. The Kier molecular flexibility index (Phi) is 4.11. The Balaban J connectivity index is 3.06. The lowest BCUT2D eigenvalue weighted by Crippen LogP contribution is -2.37. The minimum atomic E-state index is -0.486. The van der Waals surface area contributed by atoms with Crippen molar-refractivity contribution in [2.45, 2.75) is 26.7 Å². The second-order valence-corrected chi connectivity index (χ2v) is 4.47. The van der Waals surface area contributed by atoms with Crippen LogP contribution in [0.2, 0.25) is 0 Å². The van der Waals surface area contributed by atoms with Crippen LogP contribution in [0, 0.1) is 5.41 Å². The molecule has 15 heavy (non-hydrogen) atoms. The lowest BCUT2D eigenvalue weighted by atomic mass is 9.77. The third-order valence-electron chi connectivity index (χ3n) is 3.05. The number of carbonyl (C=O) groups is 1. The zero-order chi connectivity index (χ0) is 11.5. The normalized spacial score (nSPS) is 11.7. The smallest absolute Gasteiger partial charge is 0.206 e. The fourth-order valence-corrected chi connectivity index (χ4v) is 2.03. The molecule has 0 aliphatic rings. The van der Waals surface area contributed by atoms with E-state index in [1.54, 1.807) is 6.07 Å². The van der Waals surface area contributed by atoms with E-state index in [-0.39, 0.29) is 5.78 Å². The molecule has 0 amide bonds. The van der Waals surface area contributed by atoms with Crippen LogP contribution in [0.1, 0.15) is 37.2 Å². The molecule has 0 unspecified atom stereocenters. The Labute approximate surface area is 98.1 Å². The Bertz CT molecular complexity index is 334. The molecule has 0 aliphatic heterocycles. The Morgan fingerprint density at radius 3 is 2.47 bits per heavy atom. The molecule has 1 aromatic rings. The van der Waals surface area contributed by atoms with Crippen LogP contribution < -0.4 is 5.73 Å². The number of ketones is 1. The van der Waals surface area contributed by atoms with Crippen molar-refractivity contribution in [2.24, 2.45) is 11.1 Å². The van der Waals surface area contributed by atoms with Gasteiger partial charge in [0.25, 0.3) is 0 Å². The van der Waals surface area contributed by atoms with Gasteiger partial charge < -0.3 is 10.2 Å². The molecule has 0 saturated carbocycles. The maximum atomic E-state index is 12.2. The molecule has 3 nitrogen and oxygen atoms in total. The summed E-state index contributed by atoms with van der Waals surface area (Å²) in [5, 5.41) is 0. The third-order valence-corrected chi connectivity index (χ3v) is 3.67. The summed E-state index contributed by atoms with van der Waals surface area (Å²) in [5.41, 5.74) is 5.22. The summed E-state index contributed by atoms with van der Waals surface area (Å²) in [7, 11) is 0. The standard InChI is InChI=1S/C11H16BrNO2/c1-3-11(4-2,7-13)10(14)9-8(12)5-6-15-9/h5-6H,3-4,7,13H2,1-2H3. The SMILES string of the molecule is CCC(CC)(CN)C(=O)c1occc1Br. The van der Waals surface area contributed by atoms with Crippen molar-refractivity contribution in [1.82, 2.24) is 0 Å². The maximum Gasteiger partial charge on any atom is 0.206 e. The number of hydrogen-bond acceptors (Lipinski definition) is 3. The number of Topliss-reactive ketones (excluding diaryl/α,β-unsaturated/α-hetero) is 1. The quantitative estimate of drug-likeness (QED) is 0.840. The van der Waals surface area contributed by atoms with E-state index >= 15 is 0 Å². The van der Waals surface area contributed by atoms with E-state index in [0.29, 0.717) is 16.8 Å². The molecule has 0 spiro atoms. The average molecular weight is 274 g/mol. The number of hydrogen-bond donors (Lipinski definition) is 1. The molecule has 1 heterocycles. The van der Waals surface area contributed by atoms with Crippen LogP contribution in [0.4, 0.5) is 0 Å². The van der Waals surface area contributed by atoms with Crippen LogP contribution in [0.15, 0.2) is 21.2 Å². The molecular formula is C11H16BrNO2. The molecule has 2 N–H and O–H groups in total. The molecule has 0 atom stereocenters. The molecular weight excluding hydrogens is 258 g/mol. The van der Waals surface area contributed by atoms with E-state index in [1.807, 2.05) is 13.8 Å². The predicted octanol–water partition coefficient (Wildman–Crippen LogP) is 2.99. The summed E-state index contributed by atoms with van der Waals surface area (Å²) in [4.78, 5) is 12.2. The monoisotopic (exact) mass is 273 g/mol. The van der Waals surface area contributed by atoms with Crippen molar-refractivity contribution in [2.75, 3.05) is 6.54 Å². The molecule has 1 rings (SSSR count). The summed E-state index contributed by atoms with van der Waals surface area (Å²) in [6.07, 6.45) is 2.96. The van der Waals surface area contributed by atoms with Crippen LogP contribution in [-0.4, -0.2) is 12.3 Å². The van der Waals surface area contributed by atoms with Crippen molar-refractivity contribution < 1.29 is 9.21 Å². The minimum absolute atomic E-state index is 0.00752. The van der Waals surface area contributed by atoms with E-state index in [9.17, 15) is 4.79 Å². The number of carbonyl (C=O) groups excluding carboxylic acids is 1. The van der Waals surface area contributed by atoms with Crippen molar-refractivity contribution in [1.29, 1.82) is 0 Å². The van der Waals surface area contributed by atoms with Gasteiger partial charge in [-0.25, -0.2) is 0 Å². The Morgan fingerprint density at radius 2 is 2.13 bits per heavy atom. The highest BCUT2D eigenvalue weighted by molar-refractivity contribution is 9.10. The molecule has 0 bridgehead atoms. The number of rotatable bonds is 5. The highest BCUT2D eigenvalue weighted by Gasteiger charge is 2.36. The maximum absolute atomic E-state index is 12.2. The second-order valence-electron chi connectivity index (χ2n) is 3.62. The molecule has 1 aromatic heterocycles. The first-order valence-electron chi connectivity index (χ1n) is 5.09. The summed E-state index contributed by atoms with van der Waals surface area (Å²) in [5.74, 6) is 0.371. The molecule has 0 aliphatic carbocycles. The second kappa shape index (κ2) is 4.94. The topological polar surface area (TPSA) is 56.2 Å². The highest BCUT2D eigenvalue weighted by Crippen LogP contribution is 2.32. The first-order valence-corrected chi connectivity index (χ1v) is 5.88. The molecule has 4 heteroatoms. The van der Waals surface area contributed by atoms with Gasteiger partial charge in [-0.2, -0.15) is 0 Å². The van der Waals surface area contributed by atoms with E-state index in [2.05, 4.69) is 15.9 Å². The van der Waals surface area contributed by atoms with Gasteiger partial charge in [0.1, 0.15) is 0 Å². The number of nitrogens with two attached hydrogens (primary N) is 1. The molecule has 84 valence electrons. The van der Waals surface area contributed by atoms with Crippen molar-refractivity contribution in [3.8, 4) is 0 Å². The van der Waals surface area contributed by atoms with Gasteiger partial charge in [-0.3, -0.25) is 4.79 Å². The van der Waals surface area contributed by atoms with Crippen molar-refractivity contribution >= 4 is 21.7 Å². The van der Waals surface area contributed by atoms with Gasteiger partial charge in [0.05, 0.1) is 10.7 Å². The fourth-order valence-electron chi connectivity index (χ4n) is 1.65. The zero-order valence-electron chi connectivity index (χ0n) is 9.05. The first kappa shape index (κ1) is 12.5. The lowest BCUT2D eigenvalue weighted by molar-refractivity contribution is 0.0755. The number of halogens is 1. The predicted molar refractivity (Wildman–Crippen MR) is 62.8 cm³/mol. The highest BCUT2D eigenvalue weighted by atomic mass is 79.9. The first-order chi connectivity index (χ1) is 7.11. The van der Waals surface area contributed by atoms with Gasteiger partial charge in [0.15, 0.2) is 5.76 Å². The van der Waals surface area contributed by atoms with E-state index in [1.165, 1.54) is 6.26 Å². The van der Waals surface area contributed by atoms with E-state index < -0.39 is 5.41 Å². The summed E-state index contributed by atoms with van der Waals surface area (Å²) < 4.78 is 5.89. The molecule has 0 radical (unpaired) electrons. The van der Waals surface area contributed by atoms with Crippen molar-refractivity contribution in [3.05, 3.63) is 22.6 Å². The molecule has 0 saturated heterocycles. The molecule has 0 aromatic carbocycles. The van der Waals surface area contributed by atoms with Crippen LogP contribution >= 0.6 is 15.9 Å². The zero-order valence-corrected chi connectivity index (χ0v) is 10.6. The van der Waals surface area contributed by atoms with Gasteiger partial charge >= 0.3 is 0 Å². The summed E-state index contributed by atoms with van der Waals surface area (Å²) in [6.45, 7) is 4.31. The summed E-state index contributed by atoms with van der Waals surface area (Å²) in [6, 6.07) is 1.72. The van der Waals surface area contributed by atoms with Crippen LogP contribution in [0.5, 0.6) is 0 Å². The van der Waals surface area contributed by atoms with Crippen LogP contribution in [0.25, 0.3) is 0 Å². The van der Waals surface area contributed by atoms with Gasteiger partial charge in [-0.15, -0.1) is 0 Å². The van der Waals surface area contributed by atoms with Crippen molar-refractivity contribution in [3.63, 3.8) is 0 Å². The largest absolute Gasteiger partial charge is 0.460 e. The van der Waals surface area contributed by atoms with Gasteiger partial charge in [0, 0.05) is 12.0 Å². The van der Waals surface area contributed by atoms with E-state index in [0.717, 1.165) is 12.8 Å². The van der Waals surface area contributed by atoms with E-state index in [4.69, 9.17) is 10.2 Å². The van der Waals surface area contributed by atoms with Gasteiger partial charge in [-0.05, 0) is 34.8 Å². The lowest BCUT2D eigenvalue weighted by Gasteiger charge is -2.27. The Morgan fingerprint density at radius 1 is 1.53 bits per heavy atom. The van der Waals surface area contributed by atoms with Crippen LogP contribution in [-0.2, 0) is 0 Å². The number of furan rings is 1. The molecule has 0 fully saturated rings. The van der Waals surface area contributed by atoms with Crippen LogP contribution in [0.3, 0.4) is 0 Å². The van der Waals surface area contributed by atoms with Gasteiger partial charge in [-0.1, -0.05) is 13.8 Å². The fraction of sp³-hybridized carbons (Fsp3) is 0.545. The average Bonchev–Trinajstić information content (AvgIpc) is 2.67. The summed E-state index contributed by atoms with van der Waals surface area (Å²) >= 11 is 3.29. The minimum Gasteiger partial charge on any atom is -0.460 e. The Hall–Kier alpha value is -0.610. The van der Waals surface area contributed by atoms with Gasteiger partial charge in [0.2, 0.25) is 5.78 Å².